The highest BCUT2D eigenvalue weighted by atomic mass is 16.5. The Morgan fingerprint density at radius 2 is 1.78 bits per heavy atom. The van der Waals surface area contributed by atoms with Gasteiger partial charge in [-0.25, -0.2) is 0 Å². The molecule has 3 unspecified atom stereocenters. The average Bonchev–Trinajstić information content (AvgIpc) is 2.63. The molecule has 2 nitrogen and oxygen atoms in total. The fourth-order valence-corrected chi connectivity index (χ4v) is 4.27. The second kappa shape index (κ2) is 6.08. The van der Waals surface area contributed by atoms with Crippen LogP contribution in [0.2, 0.25) is 0 Å². The van der Waals surface area contributed by atoms with Crippen LogP contribution in [-0.4, -0.2) is 12.1 Å². The molecular weight excluding hydrogens is 224 g/mol. The third-order valence-electron chi connectivity index (χ3n) is 5.35. The molecule has 2 fully saturated rings. The number of ether oxygens (including phenoxy) is 1. The van der Waals surface area contributed by atoms with Crippen molar-refractivity contribution in [1.29, 1.82) is 0 Å². The first-order chi connectivity index (χ1) is 8.58. The van der Waals surface area contributed by atoms with Crippen molar-refractivity contribution >= 4 is 5.97 Å². The monoisotopic (exact) mass is 252 g/mol. The van der Waals surface area contributed by atoms with Crippen LogP contribution in [0.5, 0.6) is 0 Å². The van der Waals surface area contributed by atoms with Crippen LogP contribution in [-0.2, 0) is 9.53 Å². The number of carbonyl (C=O) groups is 1. The van der Waals surface area contributed by atoms with E-state index in [0.717, 1.165) is 36.5 Å². The predicted molar refractivity (Wildman–Crippen MR) is 73.2 cm³/mol. The molecule has 0 spiro atoms. The van der Waals surface area contributed by atoms with E-state index in [-0.39, 0.29) is 12.1 Å². The maximum atomic E-state index is 11.2. The number of fused-ring (bicyclic) bond motifs is 2. The van der Waals surface area contributed by atoms with E-state index in [9.17, 15) is 4.79 Å². The molecule has 0 heterocycles. The van der Waals surface area contributed by atoms with E-state index in [1.165, 1.54) is 32.1 Å². The molecule has 0 N–H and O–H groups in total. The molecule has 18 heavy (non-hydrogen) atoms. The first-order valence-electron chi connectivity index (χ1n) is 7.75. The van der Waals surface area contributed by atoms with Crippen LogP contribution in [0.4, 0.5) is 0 Å². The molecule has 0 aromatic carbocycles. The van der Waals surface area contributed by atoms with Crippen molar-refractivity contribution in [2.75, 3.05) is 0 Å². The number of hydrogen-bond acceptors (Lipinski definition) is 2. The van der Waals surface area contributed by atoms with E-state index in [0.29, 0.717) is 0 Å². The van der Waals surface area contributed by atoms with Gasteiger partial charge in [-0.3, -0.25) is 4.79 Å². The largest absolute Gasteiger partial charge is 0.463 e. The molecule has 0 aromatic heterocycles. The van der Waals surface area contributed by atoms with Crippen LogP contribution in [0, 0.1) is 23.7 Å². The summed E-state index contributed by atoms with van der Waals surface area (Å²) < 4.78 is 5.51. The highest BCUT2D eigenvalue weighted by Gasteiger charge is 2.37. The Morgan fingerprint density at radius 3 is 2.50 bits per heavy atom. The molecule has 2 aliphatic carbocycles. The molecule has 0 saturated heterocycles. The van der Waals surface area contributed by atoms with E-state index in [1.54, 1.807) is 6.92 Å². The molecule has 0 amide bonds. The molecule has 0 radical (unpaired) electrons. The first kappa shape index (κ1) is 13.9. The van der Waals surface area contributed by atoms with Crippen LogP contribution < -0.4 is 0 Å². The highest BCUT2D eigenvalue weighted by Crippen LogP contribution is 2.45. The highest BCUT2D eigenvalue weighted by molar-refractivity contribution is 5.66. The molecule has 0 aliphatic heterocycles. The Morgan fingerprint density at radius 1 is 1.06 bits per heavy atom. The summed E-state index contributed by atoms with van der Waals surface area (Å²) in [5, 5.41) is 0. The summed E-state index contributed by atoms with van der Waals surface area (Å²) in [5.74, 6) is 3.28. The van der Waals surface area contributed by atoms with Gasteiger partial charge in [0.05, 0.1) is 0 Å². The Balaban J connectivity index is 2.02. The third-order valence-corrected chi connectivity index (χ3v) is 5.35. The van der Waals surface area contributed by atoms with Gasteiger partial charge in [0, 0.05) is 6.92 Å². The molecule has 2 bridgehead atoms. The van der Waals surface area contributed by atoms with Crippen LogP contribution in [0.1, 0.15) is 65.7 Å². The summed E-state index contributed by atoms with van der Waals surface area (Å²) in [5.41, 5.74) is 0. The van der Waals surface area contributed by atoms with Gasteiger partial charge in [0.15, 0.2) is 0 Å². The Kier molecular flexibility index (Phi) is 4.69. The van der Waals surface area contributed by atoms with Crippen LogP contribution in [0.3, 0.4) is 0 Å². The summed E-state index contributed by atoms with van der Waals surface area (Å²) in [6, 6.07) is 0. The average molecular weight is 252 g/mol. The van der Waals surface area contributed by atoms with Gasteiger partial charge in [0.1, 0.15) is 6.10 Å². The molecule has 2 aliphatic rings. The van der Waals surface area contributed by atoms with E-state index in [2.05, 4.69) is 13.8 Å². The lowest BCUT2D eigenvalue weighted by Crippen LogP contribution is -2.25. The van der Waals surface area contributed by atoms with Gasteiger partial charge in [-0.15, -0.1) is 0 Å². The lowest BCUT2D eigenvalue weighted by molar-refractivity contribution is -0.147. The van der Waals surface area contributed by atoms with Gasteiger partial charge in [0.25, 0.3) is 0 Å². The zero-order valence-corrected chi connectivity index (χ0v) is 12.2. The zero-order valence-electron chi connectivity index (χ0n) is 12.2. The van der Waals surface area contributed by atoms with Gasteiger partial charge < -0.3 is 4.74 Å². The van der Waals surface area contributed by atoms with E-state index < -0.39 is 0 Å². The Labute approximate surface area is 111 Å². The summed E-state index contributed by atoms with van der Waals surface area (Å²) in [6.45, 7) is 6.40. The van der Waals surface area contributed by atoms with E-state index >= 15 is 0 Å². The maximum Gasteiger partial charge on any atom is 0.302 e. The van der Waals surface area contributed by atoms with Crippen molar-refractivity contribution in [3.05, 3.63) is 0 Å². The quantitative estimate of drug-likeness (QED) is 0.654. The van der Waals surface area contributed by atoms with Crippen molar-refractivity contribution in [3.8, 4) is 0 Å². The number of rotatable bonds is 1. The topological polar surface area (TPSA) is 26.3 Å². The lowest BCUT2D eigenvalue weighted by Gasteiger charge is -2.30. The zero-order chi connectivity index (χ0) is 13.1. The number of hydrogen-bond donors (Lipinski definition) is 0. The van der Waals surface area contributed by atoms with Crippen molar-refractivity contribution in [3.63, 3.8) is 0 Å². The van der Waals surface area contributed by atoms with Crippen molar-refractivity contribution in [2.24, 2.45) is 23.7 Å². The molecule has 2 saturated carbocycles. The molecule has 0 aromatic rings. The lowest BCUT2D eigenvalue weighted by atomic mass is 9.78. The number of carbonyl (C=O) groups excluding carboxylic acids is 1. The molecule has 5 atom stereocenters. The second-order valence-corrected chi connectivity index (χ2v) is 6.59. The molecule has 2 rings (SSSR count). The third kappa shape index (κ3) is 3.27. The minimum absolute atomic E-state index is 0.104. The predicted octanol–water partition coefficient (Wildman–Crippen LogP) is 4.18. The minimum Gasteiger partial charge on any atom is -0.463 e. The fraction of sp³-hybridized carbons (Fsp3) is 0.938. The van der Waals surface area contributed by atoms with Crippen LogP contribution >= 0.6 is 0 Å². The molecular formula is C16H28O2. The van der Waals surface area contributed by atoms with Gasteiger partial charge >= 0.3 is 5.97 Å². The minimum atomic E-state index is -0.104. The van der Waals surface area contributed by atoms with Gasteiger partial charge in [-0.1, -0.05) is 26.7 Å². The Bertz CT molecular complexity index is 287. The second-order valence-electron chi connectivity index (χ2n) is 6.59. The number of esters is 1. The molecule has 2 heteroatoms. The van der Waals surface area contributed by atoms with Crippen LogP contribution in [0.15, 0.2) is 0 Å². The molecule has 104 valence electrons. The van der Waals surface area contributed by atoms with Gasteiger partial charge in [-0.2, -0.15) is 0 Å². The van der Waals surface area contributed by atoms with Crippen molar-refractivity contribution < 1.29 is 9.53 Å². The first-order valence-corrected chi connectivity index (χ1v) is 7.75. The standard InChI is InChI=1S/C16H28O2/c1-11-6-4-5-7-15(18-13(3)17)10-14-8-9-16(11)12(14)2/h11-12,14-16H,4-10H2,1-3H3/t11?,12-,14?,15+,16?/m0/s1. The van der Waals surface area contributed by atoms with Gasteiger partial charge in [-0.05, 0) is 55.8 Å². The summed E-state index contributed by atoms with van der Waals surface area (Å²) in [6.07, 6.45) is 8.96. The van der Waals surface area contributed by atoms with Crippen molar-refractivity contribution in [2.45, 2.75) is 71.8 Å². The SMILES string of the molecule is CC(=O)O[C@@H]1CCCCC(C)C2CCC(C1)[C@@H]2C. The van der Waals surface area contributed by atoms with E-state index in [1.807, 2.05) is 0 Å². The Hall–Kier alpha value is -0.530. The van der Waals surface area contributed by atoms with Crippen LogP contribution in [0.25, 0.3) is 0 Å². The smallest absolute Gasteiger partial charge is 0.302 e. The van der Waals surface area contributed by atoms with E-state index in [4.69, 9.17) is 4.74 Å². The van der Waals surface area contributed by atoms with Gasteiger partial charge in [0.2, 0.25) is 0 Å². The fourth-order valence-electron chi connectivity index (χ4n) is 4.27. The maximum absolute atomic E-state index is 11.2. The summed E-state index contributed by atoms with van der Waals surface area (Å²) >= 11 is 0. The summed E-state index contributed by atoms with van der Waals surface area (Å²) in [4.78, 5) is 11.2. The summed E-state index contributed by atoms with van der Waals surface area (Å²) in [7, 11) is 0. The normalized spacial score (nSPS) is 41.4. The van der Waals surface area contributed by atoms with Crippen molar-refractivity contribution in [1.82, 2.24) is 0 Å².